The molecule has 2 heterocycles. The molecule has 0 aromatic carbocycles. The smallest absolute Gasteiger partial charge is 0.308 e. The Kier molecular flexibility index (Phi) is 3.00. The van der Waals surface area contributed by atoms with Crippen LogP contribution in [0.1, 0.15) is 47.8 Å². The number of carbonyl (C=O) groups is 2. The number of nitrogens with zero attached hydrogens (tertiary/aromatic N) is 2. The number of aliphatic carboxylic acids is 1. The van der Waals surface area contributed by atoms with Gasteiger partial charge in [-0.05, 0) is 31.7 Å². The van der Waals surface area contributed by atoms with E-state index >= 15 is 0 Å². The molecule has 0 radical (unpaired) electrons. The molecule has 1 aromatic heterocycles. The highest BCUT2D eigenvalue weighted by molar-refractivity contribution is 5.92. The van der Waals surface area contributed by atoms with E-state index in [-0.39, 0.29) is 5.91 Å². The molecule has 1 amide bonds. The van der Waals surface area contributed by atoms with Crippen LogP contribution in [0.4, 0.5) is 0 Å². The SMILES string of the molecule is O=C(O)[C@H]1CCCN(C(=O)c2cc(C3CC3)[nH]n2)C1. The summed E-state index contributed by atoms with van der Waals surface area (Å²) in [4.78, 5) is 24.9. The second-order valence-electron chi connectivity index (χ2n) is 5.41. The fourth-order valence-electron chi connectivity index (χ4n) is 2.57. The van der Waals surface area contributed by atoms with E-state index in [1.165, 1.54) is 0 Å². The van der Waals surface area contributed by atoms with E-state index in [1.54, 1.807) is 4.90 Å². The summed E-state index contributed by atoms with van der Waals surface area (Å²) in [7, 11) is 0. The minimum atomic E-state index is -0.821. The minimum Gasteiger partial charge on any atom is -0.481 e. The third-order valence-corrected chi connectivity index (χ3v) is 3.89. The molecule has 1 aliphatic heterocycles. The molecule has 102 valence electrons. The Morgan fingerprint density at radius 2 is 2.16 bits per heavy atom. The van der Waals surface area contributed by atoms with Crippen LogP contribution in [0.3, 0.4) is 0 Å². The third kappa shape index (κ3) is 2.47. The summed E-state index contributed by atoms with van der Waals surface area (Å²) >= 11 is 0. The maximum atomic E-state index is 12.3. The lowest BCUT2D eigenvalue weighted by Crippen LogP contribution is -2.42. The molecule has 0 unspecified atom stereocenters. The van der Waals surface area contributed by atoms with Gasteiger partial charge in [-0.25, -0.2) is 0 Å². The summed E-state index contributed by atoms with van der Waals surface area (Å²) in [6, 6.07) is 1.81. The summed E-state index contributed by atoms with van der Waals surface area (Å²) in [5.74, 6) is -0.894. The Morgan fingerprint density at radius 3 is 2.84 bits per heavy atom. The van der Waals surface area contributed by atoms with Crippen LogP contribution in [0.15, 0.2) is 6.07 Å². The Morgan fingerprint density at radius 1 is 1.37 bits per heavy atom. The molecule has 19 heavy (non-hydrogen) atoms. The van der Waals surface area contributed by atoms with E-state index in [1.807, 2.05) is 6.07 Å². The van der Waals surface area contributed by atoms with E-state index in [4.69, 9.17) is 5.11 Å². The topological polar surface area (TPSA) is 86.3 Å². The van der Waals surface area contributed by atoms with Crippen molar-refractivity contribution >= 4 is 11.9 Å². The molecule has 6 heteroatoms. The van der Waals surface area contributed by atoms with Gasteiger partial charge in [0.05, 0.1) is 5.92 Å². The van der Waals surface area contributed by atoms with E-state index in [9.17, 15) is 9.59 Å². The van der Waals surface area contributed by atoms with Crippen LogP contribution in [0.25, 0.3) is 0 Å². The van der Waals surface area contributed by atoms with Crippen LogP contribution in [0, 0.1) is 5.92 Å². The number of rotatable bonds is 3. The summed E-state index contributed by atoms with van der Waals surface area (Å²) in [6.07, 6.45) is 3.69. The average molecular weight is 263 g/mol. The number of carboxylic acid groups (broad SMARTS) is 1. The molecule has 1 aromatic rings. The first-order valence-corrected chi connectivity index (χ1v) is 6.72. The maximum Gasteiger partial charge on any atom is 0.308 e. The van der Waals surface area contributed by atoms with Gasteiger partial charge in [0, 0.05) is 24.7 Å². The van der Waals surface area contributed by atoms with Crippen LogP contribution in [0.2, 0.25) is 0 Å². The summed E-state index contributed by atoms with van der Waals surface area (Å²) in [5.41, 5.74) is 1.43. The van der Waals surface area contributed by atoms with Crippen molar-refractivity contribution in [3.8, 4) is 0 Å². The summed E-state index contributed by atoms with van der Waals surface area (Å²) < 4.78 is 0. The molecular formula is C13H17N3O3. The van der Waals surface area contributed by atoms with Crippen LogP contribution in [-0.4, -0.2) is 45.2 Å². The van der Waals surface area contributed by atoms with Crippen LogP contribution >= 0.6 is 0 Å². The second kappa shape index (κ2) is 4.68. The van der Waals surface area contributed by atoms with Gasteiger partial charge in [0.25, 0.3) is 5.91 Å². The van der Waals surface area contributed by atoms with Crippen molar-refractivity contribution in [2.24, 2.45) is 5.92 Å². The monoisotopic (exact) mass is 263 g/mol. The lowest BCUT2D eigenvalue weighted by Gasteiger charge is -2.30. The number of hydrogen-bond donors (Lipinski definition) is 2. The zero-order chi connectivity index (χ0) is 13.4. The number of piperidine rings is 1. The highest BCUT2D eigenvalue weighted by Crippen LogP contribution is 2.39. The highest BCUT2D eigenvalue weighted by atomic mass is 16.4. The van der Waals surface area contributed by atoms with Gasteiger partial charge in [-0.3, -0.25) is 14.7 Å². The van der Waals surface area contributed by atoms with E-state index in [2.05, 4.69) is 10.2 Å². The van der Waals surface area contributed by atoms with Crippen LogP contribution in [-0.2, 0) is 4.79 Å². The molecule has 2 N–H and O–H groups in total. The summed E-state index contributed by atoms with van der Waals surface area (Å²) in [5, 5.41) is 16.0. The van der Waals surface area contributed by atoms with Gasteiger partial charge in [0.2, 0.25) is 0 Å². The molecule has 1 saturated carbocycles. The molecule has 3 rings (SSSR count). The first-order chi connectivity index (χ1) is 9.15. The second-order valence-corrected chi connectivity index (χ2v) is 5.41. The predicted octanol–water partition coefficient (Wildman–Crippen LogP) is 1.22. The van der Waals surface area contributed by atoms with Gasteiger partial charge in [-0.1, -0.05) is 0 Å². The average Bonchev–Trinajstić information content (AvgIpc) is 3.16. The van der Waals surface area contributed by atoms with Gasteiger partial charge >= 0.3 is 5.97 Å². The van der Waals surface area contributed by atoms with Crippen molar-refractivity contribution in [3.05, 3.63) is 17.5 Å². The van der Waals surface area contributed by atoms with Crippen molar-refractivity contribution < 1.29 is 14.7 Å². The largest absolute Gasteiger partial charge is 0.481 e. The number of likely N-dealkylation sites (tertiary alicyclic amines) is 1. The lowest BCUT2D eigenvalue weighted by atomic mass is 9.98. The number of aromatic nitrogens is 2. The Bertz CT molecular complexity index is 507. The molecule has 0 bridgehead atoms. The zero-order valence-electron chi connectivity index (χ0n) is 10.6. The fraction of sp³-hybridized carbons (Fsp3) is 0.615. The number of nitrogens with one attached hydrogen (secondary N) is 1. The van der Waals surface area contributed by atoms with Crippen LogP contribution < -0.4 is 0 Å². The Labute approximate surface area is 110 Å². The molecule has 1 saturated heterocycles. The number of aromatic amines is 1. The predicted molar refractivity (Wildman–Crippen MR) is 66.8 cm³/mol. The third-order valence-electron chi connectivity index (χ3n) is 3.89. The molecule has 0 spiro atoms. The van der Waals surface area contributed by atoms with Gasteiger partial charge in [-0.15, -0.1) is 0 Å². The minimum absolute atomic E-state index is 0.158. The van der Waals surface area contributed by atoms with Crippen molar-refractivity contribution in [2.45, 2.75) is 31.6 Å². The molecule has 1 atom stereocenters. The van der Waals surface area contributed by atoms with E-state index in [0.717, 1.165) is 25.0 Å². The standard InChI is InChI=1S/C13H17N3O3/c17-12(11-6-10(14-15-11)8-3-4-8)16-5-1-2-9(7-16)13(18)19/h6,8-9H,1-5,7H2,(H,14,15)(H,18,19)/t9-/m0/s1. The quantitative estimate of drug-likeness (QED) is 0.858. The van der Waals surface area contributed by atoms with Gasteiger partial charge < -0.3 is 10.0 Å². The van der Waals surface area contributed by atoms with Gasteiger partial charge in [0.1, 0.15) is 5.69 Å². The number of H-pyrrole nitrogens is 1. The van der Waals surface area contributed by atoms with E-state index < -0.39 is 11.9 Å². The van der Waals surface area contributed by atoms with Gasteiger partial charge in [-0.2, -0.15) is 5.10 Å². The number of amides is 1. The van der Waals surface area contributed by atoms with Crippen LogP contribution in [0.5, 0.6) is 0 Å². The first-order valence-electron chi connectivity index (χ1n) is 6.72. The molecule has 2 fully saturated rings. The molecular weight excluding hydrogens is 246 g/mol. The van der Waals surface area contributed by atoms with Gasteiger partial charge in [0.15, 0.2) is 0 Å². The van der Waals surface area contributed by atoms with E-state index in [0.29, 0.717) is 31.1 Å². The molecule has 6 nitrogen and oxygen atoms in total. The number of carboxylic acids is 1. The van der Waals surface area contributed by atoms with Crippen molar-refractivity contribution in [1.82, 2.24) is 15.1 Å². The number of carbonyl (C=O) groups excluding carboxylic acids is 1. The van der Waals surface area contributed by atoms with Crippen molar-refractivity contribution in [1.29, 1.82) is 0 Å². The normalized spacial score (nSPS) is 23.4. The molecule has 2 aliphatic rings. The first kappa shape index (κ1) is 12.2. The molecule has 1 aliphatic carbocycles. The van der Waals surface area contributed by atoms with Crippen molar-refractivity contribution in [2.75, 3.05) is 13.1 Å². The maximum absolute atomic E-state index is 12.3. The fourth-order valence-corrected chi connectivity index (χ4v) is 2.57. The summed E-state index contributed by atoms with van der Waals surface area (Å²) in [6.45, 7) is 0.911. The lowest BCUT2D eigenvalue weighted by molar-refractivity contribution is -0.143. The Hall–Kier alpha value is -1.85. The van der Waals surface area contributed by atoms with Crippen molar-refractivity contribution in [3.63, 3.8) is 0 Å². The highest BCUT2D eigenvalue weighted by Gasteiger charge is 2.31. The zero-order valence-corrected chi connectivity index (χ0v) is 10.6. The Balaban J connectivity index is 1.69. The number of hydrogen-bond acceptors (Lipinski definition) is 3.